The third-order valence-electron chi connectivity index (χ3n) is 6.65. The van der Waals surface area contributed by atoms with E-state index in [0.717, 1.165) is 36.3 Å². The van der Waals surface area contributed by atoms with Crippen molar-refractivity contribution in [1.82, 2.24) is 19.5 Å². The minimum Gasteiger partial charge on any atom is -0.368 e. The molecule has 3 aromatic rings. The number of fused-ring (bicyclic) bond motifs is 1. The molecule has 35 heavy (non-hydrogen) atoms. The number of nitrogens with zero attached hydrogens (tertiary/aromatic N) is 5. The summed E-state index contributed by atoms with van der Waals surface area (Å²) in [5, 5.41) is 1.12. The van der Waals surface area contributed by atoms with Gasteiger partial charge in [-0.25, -0.2) is 15.0 Å². The molecule has 0 bridgehead atoms. The zero-order valence-corrected chi connectivity index (χ0v) is 22.3. The molecule has 1 amide bonds. The summed E-state index contributed by atoms with van der Waals surface area (Å²) in [4.78, 5) is 40.3. The van der Waals surface area contributed by atoms with Crippen LogP contribution in [0.2, 0.25) is 5.02 Å². The average molecular weight is 628 g/mol. The molecule has 2 aliphatic rings. The average Bonchev–Trinajstić information content (AvgIpc) is 3.12. The van der Waals surface area contributed by atoms with Gasteiger partial charge < -0.3 is 21.1 Å². The van der Waals surface area contributed by atoms with E-state index in [2.05, 4.69) is 42.4 Å². The van der Waals surface area contributed by atoms with Gasteiger partial charge in [-0.15, -0.1) is 0 Å². The van der Waals surface area contributed by atoms with E-state index in [9.17, 15) is 9.59 Å². The zero-order valence-electron chi connectivity index (χ0n) is 18.6. The number of carbonyl (C=O) groups excluding carboxylic acids is 1. The van der Waals surface area contributed by atoms with Crippen LogP contribution in [0.4, 0.5) is 5.82 Å². The number of nitrogens with two attached hydrogens (primary N) is 2. The maximum absolute atomic E-state index is 12.8. The number of carbonyl (C=O) groups is 1. The second kappa shape index (κ2) is 9.81. The van der Waals surface area contributed by atoms with E-state index < -0.39 is 11.5 Å². The summed E-state index contributed by atoms with van der Waals surface area (Å²) in [6, 6.07) is 3.55. The normalized spacial score (nSPS) is 21.6. The fraction of sp³-hybridized carbons (Fsp3) is 0.409. The van der Waals surface area contributed by atoms with Crippen LogP contribution in [0.25, 0.3) is 10.9 Å². The molecule has 2 saturated heterocycles. The molecule has 0 radical (unpaired) electrons. The van der Waals surface area contributed by atoms with Crippen LogP contribution in [-0.2, 0) is 16.1 Å². The van der Waals surface area contributed by atoms with E-state index in [1.54, 1.807) is 24.5 Å². The van der Waals surface area contributed by atoms with Gasteiger partial charge in [0.05, 0.1) is 41.3 Å². The Balaban J connectivity index is 1.31. The predicted octanol–water partition coefficient (Wildman–Crippen LogP) is 2.18. The van der Waals surface area contributed by atoms with E-state index in [4.69, 9.17) is 27.8 Å². The topological polar surface area (TPSA) is 142 Å². The summed E-state index contributed by atoms with van der Waals surface area (Å²) in [7, 11) is 0. The largest absolute Gasteiger partial charge is 0.368 e. The van der Waals surface area contributed by atoms with Crippen molar-refractivity contribution in [2.75, 3.05) is 24.6 Å². The lowest BCUT2D eigenvalue weighted by Crippen LogP contribution is -2.50. The number of anilines is 1. The molecule has 0 unspecified atom stereocenters. The number of hydrogen-bond acceptors (Lipinski definition) is 9. The van der Waals surface area contributed by atoms with Crippen LogP contribution in [0, 0.1) is 5.41 Å². The van der Waals surface area contributed by atoms with Crippen molar-refractivity contribution >= 4 is 68.6 Å². The molecule has 0 saturated carbocycles. The van der Waals surface area contributed by atoms with Gasteiger partial charge >= 0.3 is 0 Å². The smallest absolute Gasteiger partial charge is 0.263 e. The van der Waals surface area contributed by atoms with Crippen LogP contribution >= 0.6 is 46.0 Å². The minimum atomic E-state index is -0.636. The molecule has 2 aliphatic heterocycles. The van der Waals surface area contributed by atoms with Crippen molar-refractivity contribution < 1.29 is 9.53 Å². The van der Waals surface area contributed by atoms with Crippen LogP contribution in [0.5, 0.6) is 0 Å². The first-order valence-electron chi connectivity index (χ1n) is 11.0. The first kappa shape index (κ1) is 24.7. The van der Waals surface area contributed by atoms with Gasteiger partial charge in [0, 0.05) is 29.4 Å². The zero-order chi connectivity index (χ0) is 24.7. The van der Waals surface area contributed by atoms with Crippen LogP contribution in [0.15, 0.2) is 45.6 Å². The summed E-state index contributed by atoms with van der Waals surface area (Å²) >= 11 is 10.2. The van der Waals surface area contributed by atoms with Gasteiger partial charge in [-0.2, -0.15) is 0 Å². The monoisotopic (exact) mass is 627 g/mol. The van der Waals surface area contributed by atoms with Crippen LogP contribution < -0.4 is 21.9 Å². The molecule has 4 N–H and O–H groups in total. The Hall–Kier alpha value is -2.00. The number of aromatic nitrogens is 4. The number of benzene rings is 1. The molecule has 1 spiro atoms. The van der Waals surface area contributed by atoms with Crippen LogP contribution in [0.3, 0.4) is 0 Å². The van der Waals surface area contributed by atoms with Gasteiger partial charge in [0.1, 0.15) is 21.5 Å². The predicted molar refractivity (Wildman–Crippen MR) is 142 cm³/mol. The molecular weight excluding hydrogens is 605 g/mol. The Morgan fingerprint density at radius 1 is 1.26 bits per heavy atom. The van der Waals surface area contributed by atoms with E-state index >= 15 is 0 Å². The number of amides is 1. The second-order valence-electron chi connectivity index (χ2n) is 8.77. The van der Waals surface area contributed by atoms with Crippen LogP contribution in [0.1, 0.15) is 12.8 Å². The van der Waals surface area contributed by atoms with Crippen molar-refractivity contribution in [2.24, 2.45) is 16.9 Å². The molecule has 4 heterocycles. The Bertz CT molecular complexity index is 1330. The number of halogens is 2. The van der Waals surface area contributed by atoms with Gasteiger partial charge in [-0.05, 0) is 47.6 Å². The number of hydrogen-bond donors (Lipinski definition) is 2. The fourth-order valence-electron chi connectivity index (χ4n) is 4.57. The van der Waals surface area contributed by atoms with E-state index in [0.29, 0.717) is 22.0 Å². The Labute approximate surface area is 223 Å². The Morgan fingerprint density at radius 2 is 2.03 bits per heavy atom. The SMILES string of the molecule is NC(=O)Cn1cnc2ccc(Sc3cnc(N4CCC5(CC4)CO[C@@H](I)[C@H]5N)cn3)c(Cl)c2c1=O. The van der Waals surface area contributed by atoms with Gasteiger partial charge in [-0.3, -0.25) is 14.2 Å². The Morgan fingerprint density at radius 3 is 2.66 bits per heavy atom. The molecule has 2 aromatic heterocycles. The van der Waals surface area contributed by atoms with E-state index in [-0.39, 0.29) is 32.5 Å². The van der Waals surface area contributed by atoms with E-state index in [1.165, 1.54) is 18.1 Å². The van der Waals surface area contributed by atoms with Crippen molar-refractivity contribution in [2.45, 2.75) is 39.5 Å². The van der Waals surface area contributed by atoms with Crippen molar-refractivity contribution in [3.05, 3.63) is 46.2 Å². The number of alkyl halides is 1. The van der Waals surface area contributed by atoms with Gasteiger partial charge in [0.2, 0.25) is 5.91 Å². The summed E-state index contributed by atoms with van der Waals surface area (Å²) in [5.74, 6) is 0.175. The van der Waals surface area contributed by atoms with Gasteiger partial charge in [0.25, 0.3) is 5.56 Å². The lowest BCUT2D eigenvalue weighted by atomic mass is 9.75. The maximum atomic E-state index is 12.8. The second-order valence-corrected chi connectivity index (χ2v) is 11.4. The molecule has 13 heteroatoms. The molecule has 0 aliphatic carbocycles. The number of ether oxygens (including phenoxy) is 1. The highest BCUT2D eigenvalue weighted by Crippen LogP contribution is 2.43. The molecule has 2 atom stereocenters. The highest BCUT2D eigenvalue weighted by molar-refractivity contribution is 14.1. The molecular formula is C22H23ClIN7O3S. The lowest BCUT2D eigenvalue weighted by molar-refractivity contribution is -0.118. The molecule has 184 valence electrons. The molecule has 1 aromatic carbocycles. The first-order valence-corrected chi connectivity index (χ1v) is 13.4. The maximum Gasteiger partial charge on any atom is 0.263 e. The summed E-state index contributed by atoms with van der Waals surface area (Å²) < 4.78 is 7.01. The summed E-state index contributed by atoms with van der Waals surface area (Å²) in [5.41, 5.74) is 11.7. The summed E-state index contributed by atoms with van der Waals surface area (Å²) in [6.45, 7) is 2.15. The third-order valence-corrected chi connectivity index (χ3v) is 9.27. The number of primary amides is 1. The van der Waals surface area contributed by atoms with Crippen molar-refractivity contribution in [3.63, 3.8) is 0 Å². The molecule has 5 rings (SSSR count). The van der Waals surface area contributed by atoms with E-state index in [1.807, 2.05) is 0 Å². The quantitative estimate of drug-likeness (QED) is 0.322. The first-order chi connectivity index (χ1) is 16.8. The highest BCUT2D eigenvalue weighted by Gasteiger charge is 2.48. The highest BCUT2D eigenvalue weighted by atomic mass is 127. The lowest BCUT2D eigenvalue weighted by Gasteiger charge is -2.41. The third kappa shape index (κ3) is 4.73. The standard InChI is InChI=1S/C22H23ClIN7O3S/c23-18-13(2-1-12-17(18)21(33)31(11-29-12)9-14(25)32)35-16-8-27-15(7-28-16)30-5-3-22(4-6-30)10-34-20(24)19(22)26/h1-2,7-8,11,19-20H,3-6,9-10,26H2,(H2,25,32)/t19-,20-/m1/s1. The number of piperidine rings is 1. The molecule has 2 fully saturated rings. The Kier molecular flexibility index (Phi) is 6.92. The number of rotatable bonds is 5. The fourth-order valence-corrected chi connectivity index (χ4v) is 6.63. The van der Waals surface area contributed by atoms with Crippen molar-refractivity contribution in [1.29, 1.82) is 0 Å². The van der Waals surface area contributed by atoms with Crippen LogP contribution in [-0.4, -0.2) is 55.3 Å². The summed E-state index contributed by atoms with van der Waals surface area (Å²) in [6.07, 6.45) is 6.66. The van der Waals surface area contributed by atoms with Crippen molar-refractivity contribution in [3.8, 4) is 0 Å². The molecule has 10 nitrogen and oxygen atoms in total. The van der Waals surface area contributed by atoms with Gasteiger partial charge in [0.15, 0.2) is 0 Å². The minimum absolute atomic E-state index is 0.0449. The van der Waals surface area contributed by atoms with Gasteiger partial charge in [-0.1, -0.05) is 23.4 Å².